The van der Waals surface area contributed by atoms with Crippen molar-refractivity contribution >= 4 is 5.91 Å². The van der Waals surface area contributed by atoms with Crippen LogP contribution >= 0.6 is 0 Å². The third kappa shape index (κ3) is 3.19. The van der Waals surface area contributed by atoms with Gasteiger partial charge in [0.05, 0.1) is 6.54 Å². The fourth-order valence-electron chi connectivity index (χ4n) is 2.30. The van der Waals surface area contributed by atoms with Crippen LogP contribution < -0.4 is 14.8 Å². The number of aryl methyl sites for hydroxylation is 2. The summed E-state index contributed by atoms with van der Waals surface area (Å²) in [6, 6.07) is 7.78. The number of benzene rings is 1. The summed E-state index contributed by atoms with van der Waals surface area (Å²) in [6.07, 6.45) is 1.07. The maximum Gasteiger partial charge on any atom is 0.278 e. The highest BCUT2D eigenvalue weighted by atomic mass is 16.6. The van der Waals surface area contributed by atoms with Gasteiger partial charge in [0.15, 0.2) is 6.10 Å². The third-order valence-corrected chi connectivity index (χ3v) is 3.46. The maximum atomic E-state index is 12.1. The molecular weight excluding hydrogens is 286 g/mol. The quantitative estimate of drug-likeness (QED) is 0.837. The minimum atomic E-state index is -0.453. The van der Waals surface area contributed by atoms with Gasteiger partial charge in [-0.15, -0.1) is 0 Å². The first-order valence-corrected chi connectivity index (χ1v) is 7.18. The standard InChI is InChI=1S/C15H17N3O4/c1-10-15(18-22-17-10)20-9-8-16-14(19)13-7-6-11-4-2-3-5-12(11)21-13/h2-5,13H,6-9H2,1H3,(H,16,19)/t13-/m0/s1. The highest BCUT2D eigenvalue weighted by molar-refractivity contribution is 5.81. The molecule has 0 fully saturated rings. The van der Waals surface area contributed by atoms with Gasteiger partial charge in [-0.25, -0.2) is 4.63 Å². The molecule has 1 amide bonds. The lowest BCUT2D eigenvalue weighted by molar-refractivity contribution is -0.128. The van der Waals surface area contributed by atoms with Crippen LogP contribution in [0.15, 0.2) is 28.9 Å². The summed E-state index contributed by atoms with van der Waals surface area (Å²) in [6.45, 7) is 2.40. The Bertz CT molecular complexity index is 656. The molecule has 0 aliphatic carbocycles. The summed E-state index contributed by atoms with van der Waals surface area (Å²) >= 11 is 0. The van der Waals surface area contributed by atoms with Crippen LogP contribution in [0, 0.1) is 6.92 Å². The van der Waals surface area contributed by atoms with E-state index in [1.807, 2.05) is 24.3 Å². The Kier molecular flexibility index (Phi) is 4.22. The average Bonchev–Trinajstić information content (AvgIpc) is 2.96. The van der Waals surface area contributed by atoms with E-state index in [4.69, 9.17) is 9.47 Å². The van der Waals surface area contributed by atoms with Crippen LogP contribution in [0.25, 0.3) is 0 Å². The minimum absolute atomic E-state index is 0.131. The van der Waals surface area contributed by atoms with Gasteiger partial charge >= 0.3 is 0 Å². The number of hydrogen-bond donors (Lipinski definition) is 1. The van der Waals surface area contributed by atoms with E-state index >= 15 is 0 Å². The molecule has 0 radical (unpaired) electrons. The Labute approximate surface area is 127 Å². The van der Waals surface area contributed by atoms with Gasteiger partial charge in [-0.1, -0.05) is 23.4 Å². The third-order valence-electron chi connectivity index (χ3n) is 3.46. The van der Waals surface area contributed by atoms with Gasteiger partial charge in [0, 0.05) is 0 Å². The number of ether oxygens (including phenoxy) is 2. The summed E-state index contributed by atoms with van der Waals surface area (Å²) < 4.78 is 15.6. The number of nitrogens with zero attached hydrogens (tertiary/aromatic N) is 2. The second-order valence-corrected chi connectivity index (χ2v) is 5.05. The van der Waals surface area contributed by atoms with Crippen LogP contribution in [0.5, 0.6) is 11.6 Å². The Hall–Kier alpha value is -2.57. The number of carbonyl (C=O) groups is 1. The van der Waals surface area contributed by atoms with Crippen LogP contribution in [0.4, 0.5) is 0 Å². The van der Waals surface area contributed by atoms with Crippen LogP contribution in [0.3, 0.4) is 0 Å². The Balaban J connectivity index is 1.44. The van der Waals surface area contributed by atoms with E-state index in [0.29, 0.717) is 31.1 Å². The molecule has 0 saturated heterocycles. The number of nitrogens with one attached hydrogen (secondary N) is 1. The van der Waals surface area contributed by atoms with Crippen LogP contribution in [0.1, 0.15) is 17.7 Å². The zero-order valence-corrected chi connectivity index (χ0v) is 12.2. The molecule has 1 aromatic carbocycles. The fourth-order valence-corrected chi connectivity index (χ4v) is 2.30. The van der Waals surface area contributed by atoms with E-state index in [2.05, 4.69) is 20.3 Å². The highest BCUT2D eigenvalue weighted by Crippen LogP contribution is 2.26. The Morgan fingerprint density at radius 1 is 1.41 bits per heavy atom. The number of fused-ring (bicyclic) bond motifs is 1. The molecule has 116 valence electrons. The first-order chi connectivity index (χ1) is 10.7. The van der Waals surface area contributed by atoms with E-state index in [1.54, 1.807) is 6.92 Å². The van der Waals surface area contributed by atoms with E-state index in [1.165, 1.54) is 0 Å². The molecule has 2 heterocycles. The molecule has 1 aromatic heterocycles. The van der Waals surface area contributed by atoms with Gasteiger partial charge in [0.1, 0.15) is 18.1 Å². The molecule has 7 nitrogen and oxygen atoms in total. The van der Waals surface area contributed by atoms with E-state index in [-0.39, 0.29) is 5.91 Å². The predicted octanol–water partition coefficient (Wildman–Crippen LogP) is 1.27. The SMILES string of the molecule is Cc1nonc1OCCNC(=O)[C@@H]1CCc2ccccc2O1. The van der Waals surface area contributed by atoms with Crippen molar-refractivity contribution < 1.29 is 18.9 Å². The molecule has 0 saturated carbocycles. The monoisotopic (exact) mass is 303 g/mol. The van der Waals surface area contributed by atoms with Crippen molar-refractivity contribution in [2.24, 2.45) is 0 Å². The minimum Gasteiger partial charge on any atom is -0.480 e. The summed E-state index contributed by atoms with van der Waals surface area (Å²) in [5, 5.41) is 10.0. The molecule has 3 rings (SSSR count). The van der Waals surface area contributed by atoms with Crippen molar-refractivity contribution in [3.05, 3.63) is 35.5 Å². The van der Waals surface area contributed by atoms with Crippen molar-refractivity contribution in [3.63, 3.8) is 0 Å². The number of amides is 1. The van der Waals surface area contributed by atoms with Crippen LogP contribution in [-0.4, -0.2) is 35.5 Å². The van der Waals surface area contributed by atoms with Crippen molar-refractivity contribution in [1.29, 1.82) is 0 Å². The molecule has 1 aliphatic heterocycles. The number of rotatable bonds is 5. The second kappa shape index (κ2) is 6.46. The molecule has 1 aliphatic rings. The summed E-state index contributed by atoms with van der Waals surface area (Å²) in [4.78, 5) is 12.1. The van der Waals surface area contributed by atoms with Crippen molar-refractivity contribution in [2.75, 3.05) is 13.2 Å². The molecule has 1 N–H and O–H groups in total. The van der Waals surface area contributed by atoms with E-state index in [9.17, 15) is 4.79 Å². The van der Waals surface area contributed by atoms with Crippen molar-refractivity contribution in [1.82, 2.24) is 15.6 Å². The zero-order chi connectivity index (χ0) is 15.4. The van der Waals surface area contributed by atoms with Crippen molar-refractivity contribution in [3.8, 4) is 11.6 Å². The number of hydrogen-bond acceptors (Lipinski definition) is 6. The zero-order valence-electron chi connectivity index (χ0n) is 12.2. The summed E-state index contributed by atoms with van der Waals surface area (Å²) in [5.74, 6) is 1.000. The highest BCUT2D eigenvalue weighted by Gasteiger charge is 2.25. The maximum absolute atomic E-state index is 12.1. The molecule has 22 heavy (non-hydrogen) atoms. The molecule has 1 atom stereocenters. The molecule has 2 aromatic rings. The molecule has 0 spiro atoms. The molecule has 0 bridgehead atoms. The van der Waals surface area contributed by atoms with Crippen molar-refractivity contribution in [2.45, 2.75) is 25.9 Å². The van der Waals surface area contributed by atoms with E-state index < -0.39 is 6.10 Å². The molecular formula is C15H17N3O4. The topological polar surface area (TPSA) is 86.5 Å². The van der Waals surface area contributed by atoms with Gasteiger partial charge in [-0.05, 0) is 36.6 Å². The number of para-hydroxylation sites is 1. The second-order valence-electron chi connectivity index (χ2n) is 5.05. The summed E-state index contributed by atoms with van der Waals surface area (Å²) in [7, 11) is 0. The van der Waals surface area contributed by atoms with Gasteiger partial charge in [0.2, 0.25) is 0 Å². The molecule has 7 heteroatoms. The lowest BCUT2D eigenvalue weighted by Gasteiger charge is -2.25. The first kappa shape index (κ1) is 14.4. The summed E-state index contributed by atoms with van der Waals surface area (Å²) in [5.41, 5.74) is 1.72. The average molecular weight is 303 g/mol. The van der Waals surface area contributed by atoms with Gasteiger partial charge in [-0.3, -0.25) is 4.79 Å². The van der Waals surface area contributed by atoms with Gasteiger partial charge in [0.25, 0.3) is 11.8 Å². The number of carbonyl (C=O) groups excluding carboxylic acids is 1. The Morgan fingerprint density at radius 3 is 3.09 bits per heavy atom. The first-order valence-electron chi connectivity index (χ1n) is 7.18. The lowest BCUT2D eigenvalue weighted by atomic mass is 10.0. The normalized spacial score (nSPS) is 16.5. The predicted molar refractivity (Wildman–Crippen MR) is 76.7 cm³/mol. The van der Waals surface area contributed by atoms with E-state index in [0.717, 1.165) is 17.7 Å². The number of aromatic nitrogens is 2. The van der Waals surface area contributed by atoms with Gasteiger partial charge < -0.3 is 14.8 Å². The van der Waals surface area contributed by atoms with Gasteiger partial charge in [-0.2, -0.15) is 0 Å². The fraction of sp³-hybridized carbons (Fsp3) is 0.400. The van der Waals surface area contributed by atoms with Crippen LogP contribution in [0.2, 0.25) is 0 Å². The lowest BCUT2D eigenvalue weighted by Crippen LogP contribution is -2.41. The van der Waals surface area contributed by atoms with Crippen LogP contribution in [-0.2, 0) is 11.2 Å². The Morgan fingerprint density at radius 2 is 2.27 bits per heavy atom. The largest absolute Gasteiger partial charge is 0.480 e. The molecule has 0 unspecified atom stereocenters. The smallest absolute Gasteiger partial charge is 0.278 e.